The molecule has 0 spiro atoms. The fourth-order valence-corrected chi connectivity index (χ4v) is 3.06. The van der Waals surface area contributed by atoms with Crippen LogP contribution in [0.3, 0.4) is 0 Å². The van der Waals surface area contributed by atoms with Gasteiger partial charge in [-0.15, -0.1) is 0 Å². The number of carbonyl (C=O) groups is 1. The molecule has 1 aliphatic heterocycles. The molecular weight excluding hydrogens is 228 g/mol. The van der Waals surface area contributed by atoms with Crippen LogP contribution < -0.4 is 5.32 Å². The number of piperazine rings is 1. The van der Waals surface area contributed by atoms with Crippen molar-refractivity contribution in [3.8, 4) is 0 Å². The summed E-state index contributed by atoms with van der Waals surface area (Å²) in [6, 6.07) is 0. The molecule has 0 unspecified atom stereocenters. The summed E-state index contributed by atoms with van der Waals surface area (Å²) >= 11 is 0. The van der Waals surface area contributed by atoms with Gasteiger partial charge in [0, 0.05) is 26.2 Å². The summed E-state index contributed by atoms with van der Waals surface area (Å²) in [5.74, 6) is -0.452. The Morgan fingerprint density at radius 2 is 1.94 bits per heavy atom. The van der Waals surface area contributed by atoms with Crippen LogP contribution >= 0.6 is 0 Å². The molecule has 0 saturated carbocycles. The first kappa shape index (κ1) is 13.4. The zero-order chi connectivity index (χ0) is 12.0. The molecule has 1 rings (SSSR count). The number of unbranched alkanes of at least 4 members (excludes halogenated alkanes) is 1. The number of nitrogens with one attached hydrogen (secondary N) is 1. The first-order valence-corrected chi connectivity index (χ1v) is 7.56. The summed E-state index contributed by atoms with van der Waals surface area (Å²) in [4.78, 5) is 13.3. The van der Waals surface area contributed by atoms with Crippen molar-refractivity contribution in [1.29, 1.82) is 0 Å². The number of carbonyl (C=O) groups excluding carboxylic acids is 1. The van der Waals surface area contributed by atoms with E-state index in [1.54, 1.807) is 4.90 Å². The smallest absolute Gasteiger partial charge is 0.237 e. The maximum Gasteiger partial charge on any atom is 0.237 e. The van der Waals surface area contributed by atoms with Gasteiger partial charge in [0.25, 0.3) is 0 Å². The molecule has 0 atom stereocenters. The highest BCUT2D eigenvalue weighted by Crippen LogP contribution is 2.01. The Balaban J connectivity index is 2.43. The minimum Gasteiger partial charge on any atom is -0.339 e. The Bertz CT molecular complexity index is 321. The quantitative estimate of drug-likeness (QED) is 0.721. The molecule has 1 N–H and O–H groups in total. The van der Waals surface area contributed by atoms with Crippen molar-refractivity contribution in [2.75, 3.05) is 37.7 Å². The number of amides is 1. The van der Waals surface area contributed by atoms with Gasteiger partial charge in [-0.05, 0) is 6.42 Å². The van der Waals surface area contributed by atoms with Gasteiger partial charge in [-0.25, -0.2) is 8.42 Å². The molecule has 0 aromatic carbocycles. The maximum atomic E-state index is 11.7. The second-order valence-corrected chi connectivity index (χ2v) is 6.26. The van der Waals surface area contributed by atoms with E-state index in [0.717, 1.165) is 19.5 Å². The summed E-state index contributed by atoms with van der Waals surface area (Å²) in [6.45, 7) is 4.67. The fraction of sp³-hybridized carbons (Fsp3) is 0.900. The predicted octanol–water partition coefficient (Wildman–Crippen LogP) is -0.367. The van der Waals surface area contributed by atoms with Crippen LogP contribution in [0.25, 0.3) is 0 Å². The number of sulfone groups is 1. The Hall–Kier alpha value is -0.620. The lowest BCUT2D eigenvalue weighted by Crippen LogP contribution is -2.48. The van der Waals surface area contributed by atoms with E-state index in [9.17, 15) is 13.2 Å². The second-order valence-electron chi connectivity index (χ2n) is 4.08. The Labute approximate surface area is 97.1 Å². The average molecular weight is 248 g/mol. The van der Waals surface area contributed by atoms with Gasteiger partial charge in [0.1, 0.15) is 5.75 Å². The van der Waals surface area contributed by atoms with Crippen molar-refractivity contribution >= 4 is 15.7 Å². The highest BCUT2D eigenvalue weighted by molar-refractivity contribution is 7.92. The normalized spacial score (nSPS) is 17.4. The zero-order valence-corrected chi connectivity index (χ0v) is 10.6. The van der Waals surface area contributed by atoms with Crippen molar-refractivity contribution in [3.05, 3.63) is 0 Å². The van der Waals surface area contributed by atoms with Crippen molar-refractivity contribution < 1.29 is 13.2 Å². The van der Waals surface area contributed by atoms with Gasteiger partial charge in [-0.3, -0.25) is 4.79 Å². The minimum atomic E-state index is -3.20. The van der Waals surface area contributed by atoms with E-state index in [0.29, 0.717) is 19.5 Å². The average Bonchev–Trinajstić information content (AvgIpc) is 2.27. The van der Waals surface area contributed by atoms with Gasteiger partial charge in [0.05, 0.1) is 5.75 Å². The Morgan fingerprint density at radius 1 is 1.31 bits per heavy atom. The minimum absolute atomic E-state index is 0.126. The highest BCUT2D eigenvalue weighted by atomic mass is 32.2. The van der Waals surface area contributed by atoms with Crippen molar-refractivity contribution in [2.45, 2.75) is 19.8 Å². The van der Waals surface area contributed by atoms with Crippen LogP contribution in [0.15, 0.2) is 0 Å². The lowest BCUT2D eigenvalue weighted by Gasteiger charge is -2.27. The van der Waals surface area contributed by atoms with Crippen LogP contribution in [0.4, 0.5) is 0 Å². The Morgan fingerprint density at radius 3 is 2.50 bits per heavy atom. The molecule has 0 aromatic heterocycles. The van der Waals surface area contributed by atoms with Crippen LogP contribution in [0.5, 0.6) is 0 Å². The molecule has 0 bridgehead atoms. The molecule has 94 valence electrons. The molecule has 1 heterocycles. The topological polar surface area (TPSA) is 66.5 Å². The van der Waals surface area contributed by atoms with Gasteiger partial charge < -0.3 is 10.2 Å². The fourth-order valence-electron chi connectivity index (χ4n) is 1.63. The molecule has 6 heteroatoms. The molecule has 1 amide bonds. The van der Waals surface area contributed by atoms with Crippen LogP contribution in [-0.4, -0.2) is 56.9 Å². The third kappa shape index (κ3) is 4.49. The number of hydrogen-bond donors (Lipinski definition) is 1. The molecule has 1 aliphatic rings. The lowest BCUT2D eigenvalue weighted by molar-refractivity contribution is -0.128. The molecular formula is C10H20N2O3S. The number of hydrogen-bond acceptors (Lipinski definition) is 4. The van der Waals surface area contributed by atoms with Crippen molar-refractivity contribution in [1.82, 2.24) is 10.2 Å². The highest BCUT2D eigenvalue weighted by Gasteiger charge is 2.22. The van der Waals surface area contributed by atoms with E-state index < -0.39 is 9.84 Å². The third-order valence-electron chi connectivity index (χ3n) is 2.62. The van der Waals surface area contributed by atoms with E-state index >= 15 is 0 Å². The molecule has 0 aliphatic carbocycles. The summed E-state index contributed by atoms with van der Waals surface area (Å²) in [6.07, 6.45) is 1.47. The first-order chi connectivity index (χ1) is 7.55. The Kier molecular flexibility index (Phi) is 5.21. The predicted molar refractivity (Wildman–Crippen MR) is 63.0 cm³/mol. The van der Waals surface area contributed by atoms with E-state index in [4.69, 9.17) is 0 Å². The van der Waals surface area contributed by atoms with Gasteiger partial charge in [0.2, 0.25) is 5.91 Å². The third-order valence-corrected chi connectivity index (χ3v) is 4.22. The first-order valence-electron chi connectivity index (χ1n) is 5.74. The molecule has 5 nitrogen and oxygen atoms in total. The molecule has 1 saturated heterocycles. The lowest BCUT2D eigenvalue weighted by atomic mass is 10.3. The number of nitrogens with zero attached hydrogens (tertiary/aromatic N) is 1. The van der Waals surface area contributed by atoms with Gasteiger partial charge in [-0.2, -0.15) is 0 Å². The van der Waals surface area contributed by atoms with E-state index in [1.807, 2.05) is 6.92 Å². The van der Waals surface area contributed by atoms with Gasteiger partial charge >= 0.3 is 0 Å². The van der Waals surface area contributed by atoms with E-state index in [2.05, 4.69) is 5.32 Å². The summed E-state index contributed by atoms with van der Waals surface area (Å²) in [7, 11) is -3.20. The maximum absolute atomic E-state index is 11.7. The SMILES string of the molecule is CCCCS(=O)(=O)CC(=O)N1CCNCC1. The summed E-state index contributed by atoms with van der Waals surface area (Å²) in [5.41, 5.74) is 0. The zero-order valence-electron chi connectivity index (χ0n) is 9.74. The molecule has 0 aromatic rings. The van der Waals surface area contributed by atoms with E-state index in [1.165, 1.54) is 0 Å². The van der Waals surface area contributed by atoms with Crippen molar-refractivity contribution in [2.24, 2.45) is 0 Å². The monoisotopic (exact) mass is 248 g/mol. The largest absolute Gasteiger partial charge is 0.339 e. The molecule has 1 fully saturated rings. The van der Waals surface area contributed by atoms with Gasteiger partial charge in [0.15, 0.2) is 9.84 Å². The van der Waals surface area contributed by atoms with Crippen LogP contribution in [0.1, 0.15) is 19.8 Å². The van der Waals surface area contributed by atoms with Crippen LogP contribution in [0.2, 0.25) is 0 Å². The van der Waals surface area contributed by atoms with Crippen molar-refractivity contribution in [3.63, 3.8) is 0 Å². The van der Waals surface area contributed by atoms with E-state index in [-0.39, 0.29) is 17.4 Å². The number of rotatable bonds is 5. The standard InChI is InChI=1S/C10H20N2O3S/c1-2-3-8-16(14,15)9-10(13)12-6-4-11-5-7-12/h11H,2-9H2,1H3. The van der Waals surface area contributed by atoms with Crippen LogP contribution in [-0.2, 0) is 14.6 Å². The molecule has 0 radical (unpaired) electrons. The second kappa shape index (κ2) is 6.20. The summed E-state index contributed by atoms with van der Waals surface area (Å²) < 4.78 is 23.2. The molecule has 16 heavy (non-hydrogen) atoms. The van der Waals surface area contributed by atoms with Gasteiger partial charge in [-0.1, -0.05) is 13.3 Å². The van der Waals surface area contributed by atoms with Crippen LogP contribution in [0, 0.1) is 0 Å². The summed E-state index contributed by atoms with van der Waals surface area (Å²) in [5, 5.41) is 3.12.